The van der Waals surface area contributed by atoms with Gasteiger partial charge in [0.2, 0.25) is 0 Å². The Kier molecular flexibility index (Phi) is 4.74. The summed E-state index contributed by atoms with van der Waals surface area (Å²) in [7, 11) is 0. The molecule has 0 fully saturated rings. The highest BCUT2D eigenvalue weighted by Gasteiger charge is 2.09. The first-order valence-corrected chi connectivity index (χ1v) is 6.34. The number of hydrogen-bond acceptors (Lipinski definition) is 3. The minimum Gasteiger partial charge on any atom is -0.489 e. The molecule has 0 spiro atoms. The van der Waals surface area contributed by atoms with Crippen LogP contribution in [0, 0.1) is 0 Å². The molecule has 0 aliphatic heterocycles. The van der Waals surface area contributed by atoms with Gasteiger partial charge in [-0.3, -0.25) is 0 Å². The summed E-state index contributed by atoms with van der Waals surface area (Å²) >= 11 is 0. The third-order valence-electron chi connectivity index (χ3n) is 2.97. The minimum atomic E-state index is -0.956. The molecular formula is C16H16O4. The topological polar surface area (TPSA) is 66.8 Å². The Balaban J connectivity index is 2.03. The molecule has 2 aromatic carbocycles. The molecule has 0 aromatic heterocycles. The van der Waals surface area contributed by atoms with Crippen LogP contribution in [-0.4, -0.2) is 22.8 Å². The third kappa shape index (κ3) is 3.59. The lowest BCUT2D eigenvalue weighted by molar-refractivity contribution is 0.0694. The molecule has 0 amide bonds. The van der Waals surface area contributed by atoms with Crippen LogP contribution in [0.25, 0.3) is 0 Å². The Labute approximate surface area is 117 Å². The van der Waals surface area contributed by atoms with E-state index in [0.717, 1.165) is 5.56 Å². The Bertz CT molecular complexity index is 575. The molecule has 2 aromatic rings. The zero-order valence-electron chi connectivity index (χ0n) is 11.0. The van der Waals surface area contributed by atoms with Crippen LogP contribution in [-0.2, 0) is 13.0 Å². The van der Waals surface area contributed by atoms with Crippen molar-refractivity contribution in [1.82, 2.24) is 0 Å². The highest BCUT2D eigenvalue weighted by molar-refractivity contribution is 5.89. The number of rotatable bonds is 6. The molecule has 0 aliphatic carbocycles. The molecule has 4 nitrogen and oxygen atoms in total. The summed E-state index contributed by atoms with van der Waals surface area (Å²) < 4.78 is 5.59. The highest BCUT2D eigenvalue weighted by Crippen LogP contribution is 2.16. The Morgan fingerprint density at radius 2 is 1.75 bits per heavy atom. The minimum absolute atomic E-state index is 0.117. The first-order valence-electron chi connectivity index (χ1n) is 6.34. The Morgan fingerprint density at radius 3 is 2.40 bits per heavy atom. The second-order valence-corrected chi connectivity index (χ2v) is 4.37. The summed E-state index contributed by atoms with van der Waals surface area (Å²) in [5.41, 5.74) is 1.93. The van der Waals surface area contributed by atoms with Crippen LogP contribution in [0.5, 0.6) is 5.75 Å². The number of benzene rings is 2. The predicted octanol–water partition coefficient (Wildman–Crippen LogP) is 2.50. The van der Waals surface area contributed by atoms with E-state index in [1.165, 1.54) is 0 Å². The van der Waals surface area contributed by atoms with Crippen LogP contribution in [0.2, 0.25) is 0 Å². The van der Waals surface area contributed by atoms with Crippen LogP contribution >= 0.6 is 0 Å². The van der Waals surface area contributed by atoms with Gasteiger partial charge in [-0.05, 0) is 30.2 Å². The van der Waals surface area contributed by atoms with Crippen molar-refractivity contribution in [2.45, 2.75) is 13.0 Å². The normalized spacial score (nSPS) is 10.2. The van der Waals surface area contributed by atoms with Gasteiger partial charge in [0.25, 0.3) is 0 Å². The van der Waals surface area contributed by atoms with Crippen molar-refractivity contribution in [2.75, 3.05) is 6.61 Å². The largest absolute Gasteiger partial charge is 0.489 e. The van der Waals surface area contributed by atoms with Crippen molar-refractivity contribution in [3.05, 3.63) is 65.2 Å². The molecule has 104 valence electrons. The summed E-state index contributed by atoms with van der Waals surface area (Å²) in [6.45, 7) is 0.327. The summed E-state index contributed by atoms with van der Waals surface area (Å²) in [5, 5.41) is 17.9. The van der Waals surface area contributed by atoms with Crippen LogP contribution in [0.3, 0.4) is 0 Å². The number of aromatic carboxylic acids is 1. The van der Waals surface area contributed by atoms with Crippen molar-refractivity contribution in [2.24, 2.45) is 0 Å². The average Bonchev–Trinajstić information content (AvgIpc) is 2.47. The van der Waals surface area contributed by atoms with Crippen molar-refractivity contribution in [1.29, 1.82) is 0 Å². The van der Waals surface area contributed by atoms with Gasteiger partial charge in [-0.1, -0.05) is 30.3 Å². The van der Waals surface area contributed by atoms with E-state index in [-0.39, 0.29) is 18.8 Å². The maximum Gasteiger partial charge on any atom is 0.336 e. The molecule has 0 atom stereocenters. The van der Waals surface area contributed by atoms with Crippen molar-refractivity contribution >= 4 is 5.97 Å². The van der Waals surface area contributed by atoms with Gasteiger partial charge in [0.15, 0.2) is 0 Å². The van der Waals surface area contributed by atoms with Gasteiger partial charge in [-0.25, -0.2) is 4.79 Å². The van der Waals surface area contributed by atoms with Gasteiger partial charge < -0.3 is 14.9 Å². The first kappa shape index (κ1) is 14.1. The second kappa shape index (κ2) is 6.73. The lowest BCUT2D eigenvalue weighted by Crippen LogP contribution is -2.05. The van der Waals surface area contributed by atoms with Gasteiger partial charge in [-0.15, -0.1) is 0 Å². The quantitative estimate of drug-likeness (QED) is 0.848. The molecule has 0 heterocycles. The molecule has 0 unspecified atom stereocenters. The fraction of sp³-hybridized carbons (Fsp3) is 0.188. The number of ether oxygens (including phenoxy) is 1. The Morgan fingerprint density at radius 1 is 1.05 bits per heavy atom. The van der Waals surface area contributed by atoms with Crippen LogP contribution in [0.4, 0.5) is 0 Å². The number of aliphatic hydroxyl groups excluding tert-OH is 1. The van der Waals surface area contributed by atoms with Crippen LogP contribution in [0.15, 0.2) is 48.5 Å². The van der Waals surface area contributed by atoms with E-state index in [9.17, 15) is 4.79 Å². The number of carboxylic acids is 1. The van der Waals surface area contributed by atoms with Crippen LogP contribution < -0.4 is 4.74 Å². The SMILES string of the molecule is O=C(O)c1ccccc1COc1ccc(CCO)cc1. The van der Waals surface area contributed by atoms with Crippen LogP contribution in [0.1, 0.15) is 21.5 Å². The van der Waals surface area contributed by atoms with Gasteiger partial charge in [0.1, 0.15) is 12.4 Å². The number of carbonyl (C=O) groups is 1. The molecule has 0 saturated carbocycles. The van der Waals surface area contributed by atoms with E-state index in [1.54, 1.807) is 24.3 Å². The molecule has 2 N–H and O–H groups in total. The summed E-state index contributed by atoms with van der Waals surface area (Å²) in [6.07, 6.45) is 0.613. The van der Waals surface area contributed by atoms with E-state index in [1.807, 2.05) is 24.3 Å². The van der Waals surface area contributed by atoms with Gasteiger partial charge >= 0.3 is 5.97 Å². The standard InChI is InChI=1S/C16H16O4/c17-10-9-12-5-7-14(8-6-12)20-11-13-3-1-2-4-15(13)16(18)19/h1-8,17H,9-11H2,(H,18,19). The summed E-state index contributed by atoms with van der Waals surface area (Å²) in [5.74, 6) is -0.283. The van der Waals surface area contributed by atoms with Crippen molar-refractivity contribution in [3.63, 3.8) is 0 Å². The first-order chi connectivity index (χ1) is 9.70. The summed E-state index contributed by atoms with van der Waals surface area (Å²) in [4.78, 5) is 11.1. The number of aliphatic hydroxyl groups is 1. The number of carboxylic acid groups (broad SMARTS) is 1. The molecule has 0 saturated heterocycles. The molecule has 0 aliphatic rings. The monoisotopic (exact) mass is 272 g/mol. The van der Waals surface area contributed by atoms with Gasteiger partial charge in [0.05, 0.1) is 5.56 Å². The molecule has 0 bridgehead atoms. The zero-order chi connectivity index (χ0) is 14.4. The lowest BCUT2D eigenvalue weighted by atomic mass is 10.1. The number of hydrogen-bond donors (Lipinski definition) is 2. The van der Waals surface area contributed by atoms with E-state index in [2.05, 4.69) is 0 Å². The molecule has 4 heteroatoms. The maximum absolute atomic E-state index is 11.1. The Hall–Kier alpha value is -2.33. The fourth-order valence-corrected chi connectivity index (χ4v) is 1.90. The van der Waals surface area contributed by atoms with E-state index in [0.29, 0.717) is 17.7 Å². The van der Waals surface area contributed by atoms with E-state index < -0.39 is 5.97 Å². The van der Waals surface area contributed by atoms with E-state index in [4.69, 9.17) is 14.9 Å². The smallest absolute Gasteiger partial charge is 0.336 e. The van der Waals surface area contributed by atoms with Gasteiger partial charge in [0, 0.05) is 12.2 Å². The summed E-state index contributed by atoms with van der Waals surface area (Å²) in [6, 6.07) is 14.2. The van der Waals surface area contributed by atoms with Crippen molar-refractivity contribution in [3.8, 4) is 5.75 Å². The fourth-order valence-electron chi connectivity index (χ4n) is 1.90. The molecule has 20 heavy (non-hydrogen) atoms. The molecular weight excluding hydrogens is 256 g/mol. The average molecular weight is 272 g/mol. The third-order valence-corrected chi connectivity index (χ3v) is 2.97. The maximum atomic E-state index is 11.1. The molecule has 2 rings (SSSR count). The van der Waals surface area contributed by atoms with E-state index >= 15 is 0 Å². The second-order valence-electron chi connectivity index (χ2n) is 4.37. The molecule has 0 radical (unpaired) electrons. The predicted molar refractivity (Wildman–Crippen MR) is 75.0 cm³/mol. The van der Waals surface area contributed by atoms with Crippen molar-refractivity contribution < 1.29 is 19.7 Å². The highest BCUT2D eigenvalue weighted by atomic mass is 16.5. The zero-order valence-corrected chi connectivity index (χ0v) is 11.0. The van der Waals surface area contributed by atoms with Gasteiger partial charge in [-0.2, -0.15) is 0 Å². The lowest BCUT2D eigenvalue weighted by Gasteiger charge is -2.09.